The first kappa shape index (κ1) is 17.7. The van der Waals surface area contributed by atoms with Crippen LogP contribution in [0.4, 0.5) is 5.82 Å². The topological polar surface area (TPSA) is 71.5 Å². The van der Waals surface area contributed by atoms with Gasteiger partial charge in [-0.25, -0.2) is 18.1 Å². The largest absolute Gasteiger partial charge is 0.497 e. The Kier molecular flexibility index (Phi) is 5.55. The van der Waals surface area contributed by atoms with Crippen LogP contribution in [-0.4, -0.2) is 40.1 Å². The van der Waals surface area contributed by atoms with E-state index in [0.717, 1.165) is 31.7 Å². The van der Waals surface area contributed by atoms with Gasteiger partial charge in [-0.15, -0.1) is 0 Å². The number of ether oxygens (including phenoxy) is 1. The number of methoxy groups -OCH3 is 1. The molecule has 2 heterocycles. The van der Waals surface area contributed by atoms with Gasteiger partial charge in [0.25, 0.3) is 0 Å². The van der Waals surface area contributed by atoms with Crippen molar-refractivity contribution in [3.63, 3.8) is 0 Å². The number of sulfonamides is 1. The van der Waals surface area contributed by atoms with E-state index in [1.807, 2.05) is 18.2 Å². The van der Waals surface area contributed by atoms with E-state index in [9.17, 15) is 8.42 Å². The minimum absolute atomic E-state index is 0.263. The summed E-state index contributed by atoms with van der Waals surface area (Å²) >= 11 is 0. The number of pyridine rings is 1. The van der Waals surface area contributed by atoms with Gasteiger partial charge in [0.1, 0.15) is 11.6 Å². The summed E-state index contributed by atoms with van der Waals surface area (Å²) in [5, 5.41) is 0. The third-order valence-corrected chi connectivity index (χ3v) is 5.96. The molecule has 3 rings (SSSR count). The number of hydrogen-bond donors (Lipinski definition) is 1. The van der Waals surface area contributed by atoms with Crippen LogP contribution in [0.1, 0.15) is 12.8 Å². The second-order valence-corrected chi connectivity index (χ2v) is 7.91. The lowest BCUT2D eigenvalue weighted by molar-refractivity contribution is 0.400. The van der Waals surface area contributed by atoms with Crippen molar-refractivity contribution in [3.8, 4) is 5.75 Å². The van der Waals surface area contributed by atoms with Crippen molar-refractivity contribution in [1.82, 2.24) is 9.71 Å². The normalized spacial score (nSPS) is 16.0. The van der Waals surface area contributed by atoms with E-state index in [0.29, 0.717) is 18.2 Å². The van der Waals surface area contributed by atoms with Crippen LogP contribution in [0.25, 0.3) is 0 Å². The number of benzene rings is 1. The van der Waals surface area contributed by atoms with Crippen molar-refractivity contribution in [2.24, 2.45) is 5.92 Å². The molecular formula is C18H23N3O3S. The fraction of sp³-hybridized carbons (Fsp3) is 0.389. The molecular weight excluding hydrogens is 338 g/mol. The van der Waals surface area contributed by atoms with Crippen LogP contribution in [-0.2, 0) is 10.0 Å². The molecule has 1 N–H and O–H groups in total. The van der Waals surface area contributed by atoms with E-state index >= 15 is 0 Å². The standard InChI is InChI=1S/C18H23N3O3S/c1-24-16-5-7-17(8-6-16)25(22,23)20-14-15-9-12-21(13-10-15)18-4-2-3-11-19-18/h2-8,11,15,20H,9-10,12-14H2,1H3. The summed E-state index contributed by atoms with van der Waals surface area (Å²) < 4.78 is 32.6. The van der Waals surface area contributed by atoms with Crippen molar-refractivity contribution in [2.75, 3.05) is 31.6 Å². The van der Waals surface area contributed by atoms with Gasteiger partial charge in [0.15, 0.2) is 0 Å². The number of rotatable bonds is 6. The van der Waals surface area contributed by atoms with E-state index < -0.39 is 10.0 Å². The van der Waals surface area contributed by atoms with Crippen LogP contribution >= 0.6 is 0 Å². The van der Waals surface area contributed by atoms with Gasteiger partial charge in [0.2, 0.25) is 10.0 Å². The lowest BCUT2D eigenvalue weighted by atomic mass is 9.97. The highest BCUT2D eigenvalue weighted by Gasteiger charge is 2.22. The molecule has 7 heteroatoms. The molecule has 0 radical (unpaired) electrons. The van der Waals surface area contributed by atoms with Gasteiger partial charge in [-0.05, 0) is 55.2 Å². The van der Waals surface area contributed by atoms with Gasteiger partial charge in [-0.1, -0.05) is 6.07 Å². The van der Waals surface area contributed by atoms with E-state index in [2.05, 4.69) is 14.6 Å². The predicted molar refractivity (Wildman–Crippen MR) is 97.4 cm³/mol. The first-order valence-electron chi connectivity index (χ1n) is 8.38. The average Bonchev–Trinajstić information content (AvgIpc) is 2.67. The highest BCUT2D eigenvalue weighted by Crippen LogP contribution is 2.22. The number of nitrogens with zero attached hydrogens (tertiary/aromatic N) is 2. The first-order valence-corrected chi connectivity index (χ1v) is 9.86. The summed E-state index contributed by atoms with van der Waals surface area (Å²) in [6.07, 6.45) is 3.69. The summed E-state index contributed by atoms with van der Waals surface area (Å²) in [5.41, 5.74) is 0. The maximum atomic E-state index is 12.4. The molecule has 0 spiro atoms. The van der Waals surface area contributed by atoms with E-state index in [-0.39, 0.29) is 4.90 Å². The van der Waals surface area contributed by atoms with E-state index in [4.69, 9.17) is 4.74 Å². The Bertz CT molecular complexity index is 771. The van der Waals surface area contributed by atoms with Crippen LogP contribution in [0.3, 0.4) is 0 Å². The Balaban J connectivity index is 1.52. The number of piperidine rings is 1. The smallest absolute Gasteiger partial charge is 0.240 e. The Morgan fingerprint density at radius 2 is 1.88 bits per heavy atom. The van der Waals surface area contributed by atoms with Crippen molar-refractivity contribution in [3.05, 3.63) is 48.7 Å². The van der Waals surface area contributed by atoms with Crippen LogP contribution < -0.4 is 14.4 Å². The summed E-state index contributed by atoms with van der Waals surface area (Å²) in [4.78, 5) is 6.88. The SMILES string of the molecule is COc1ccc(S(=O)(=O)NCC2CCN(c3ccccn3)CC2)cc1. The molecule has 134 valence electrons. The van der Waals surface area contributed by atoms with E-state index in [1.165, 1.54) is 0 Å². The van der Waals surface area contributed by atoms with Crippen LogP contribution in [0.2, 0.25) is 0 Å². The minimum Gasteiger partial charge on any atom is -0.497 e. The van der Waals surface area contributed by atoms with Crippen molar-refractivity contribution < 1.29 is 13.2 Å². The fourth-order valence-electron chi connectivity index (χ4n) is 2.97. The van der Waals surface area contributed by atoms with Gasteiger partial charge in [-0.2, -0.15) is 0 Å². The number of anilines is 1. The lowest BCUT2D eigenvalue weighted by Crippen LogP contribution is -2.39. The zero-order valence-electron chi connectivity index (χ0n) is 14.3. The molecule has 6 nitrogen and oxygen atoms in total. The Morgan fingerprint density at radius 1 is 1.16 bits per heavy atom. The molecule has 1 fully saturated rings. The van der Waals surface area contributed by atoms with Crippen LogP contribution in [0.15, 0.2) is 53.6 Å². The molecule has 1 aromatic carbocycles. The molecule has 0 amide bonds. The minimum atomic E-state index is -3.48. The fourth-order valence-corrected chi connectivity index (χ4v) is 4.09. The lowest BCUT2D eigenvalue weighted by Gasteiger charge is -2.32. The van der Waals surface area contributed by atoms with Gasteiger partial charge < -0.3 is 9.64 Å². The molecule has 0 atom stereocenters. The van der Waals surface area contributed by atoms with Crippen molar-refractivity contribution >= 4 is 15.8 Å². The molecule has 1 aliphatic rings. The highest BCUT2D eigenvalue weighted by molar-refractivity contribution is 7.89. The zero-order valence-corrected chi connectivity index (χ0v) is 15.1. The summed E-state index contributed by atoms with van der Waals surface area (Å²) in [7, 11) is -1.93. The quantitative estimate of drug-likeness (QED) is 0.855. The van der Waals surface area contributed by atoms with Gasteiger partial charge in [-0.3, -0.25) is 0 Å². The Labute approximate surface area is 148 Å². The average molecular weight is 361 g/mol. The predicted octanol–water partition coefficient (Wildman–Crippen LogP) is 2.29. The molecule has 1 aromatic heterocycles. The summed E-state index contributed by atoms with van der Waals surface area (Å²) in [6.45, 7) is 2.25. The molecule has 25 heavy (non-hydrogen) atoms. The van der Waals surface area contributed by atoms with Gasteiger partial charge in [0, 0.05) is 25.8 Å². The number of hydrogen-bond acceptors (Lipinski definition) is 5. The second-order valence-electron chi connectivity index (χ2n) is 6.15. The zero-order chi connectivity index (χ0) is 17.7. The van der Waals surface area contributed by atoms with Crippen LogP contribution in [0.5, 0.6) is 5.75 Å². The van der Waals surface area contributed by atoms with Crippen LogP contribution in [0, 0.1) is 5.92 Å². The number of aromatic nitrogens is 1. The highest BCUT2D eigenvalue weighted by atomic mass is 32.2. The molecule has 0 unspecified atom stereocenters. The van der Waals surface area contributed by atoms with Gasteiger partial charge >= 0.3 is 0 Å². The Hall–Kier alpha value is -2.12. The second kappa shape index (κ2) is 7.84. The van der Waals surface area contributed by atoms with Crippen molar-refractivity contribution in [1.29, 1.82) is 0 Å². The van der Waals surface area contributed by atoms with Crippen molar-refractivity contribution in [2.45, 2.75) is 17.7 Å². The monoisotopic (exact) mass is 361 g/mol. The summed E-state index contributed by atoms with van der Waals surface area (Å²) in [6, 6.07) is 12.3. The molecule has 1 aliphatic heterocycles. The van der Waals surface area contributed by atoms with Gasteiger partial charge in [0.05, 0.1) is 12.0 Å². The maximum absolute atomic E-state index is 12.4. The van der Waals surface area contributed by atoms with E-state index in [1.54, 1.807) is 37.6 Å². The molecule has 0 saturated carbocycles. The molecule has 1 saturated heterocycles. The number of nitrogens with one attached hydrogen (secondary N) is 1. The third-order valence-electron chi connectivity index (χ3n) is 4.52. The molecule has 0 aliphatic carbocycles. The molecule has 2 aromatic rings. The molecule has 0 bridgehead atoms. The maximum Gasteiger partial charge on any atom is 0.240 e. The Morgan fingerprint density at radius 3 is 2.48 bits per heavy atom. The summed E-state index contributed by atoms with van der Waals surface area (Å²) in [5.74, 6) is 1.97. The first-order chi connectivity index (χ1) is 12.1. The third kappa shape index (κ3) is 4.49.